The largest absolute Gasteiger partial charge is 0.365 e. The lowest BCUT2D eigenvalue weighted by Crippen LogP contribution is -2.46. The molecule has 0 bridgehead atoms. The van der Waals surface area contributed by atoms with Gasteiger partial charge >= 0.3 is 0 Å². The molecule has 4 heterocycles. The number of halogens is 1. The van der Waals surface area contributed by atoms with Gasteiger partial charge in [-0.3, -0.25) is 9.67 Å². The van der Waals surface area contributed by atoms with E-state index in [9.17, 15) is 4.39 Å². The number of nitrogens with one attached hydrogen (secondary N) is 2. The van der Waals surface area contributed by atoms with E-state index in [0.29, 0.717) is 24.3 Å². The van der Waals surface area contributed by atoms with Crippen molar-refractivity contribution in [3.05, 3.63) is 30.4 Å². The number of hydrogen-bond donors (Lipinski definition) is 2. The molecule has 0 aromatic carbocycles. The van der Waals surface area contributed by atoms with E-state index < -0.39 is 5.67 Å². The summed E-state index contributed by atoms with van der Waals surface area (Å²) >= 11 is 0. The number of alkyl halides is 1. The van der Waals surface area contributed by atoms with Crippen LogP contribution in [0.25, 0.3) is 22.3 Å². The average molecular weight is 355 g/mol. The Kier molecular flexibility index (Phi) is 4.28. The number of anilines is 1. The summed E-state index contributed by atoms with van der Waals surface area (Å²) in [4.78, 5) is 13.5. The van der Waals surface area contributed by atoms with E-state index >= 15 is 0 Å². The van der Waals surface area contributed by atoms with Crippen LogP contribution in [0.3, 0.4) is 0 Å². The maximum atomic E-state index is 14.9. The minimum Gasteiger partial charge on any atom is -0.365 e. The Bertz CT molecular complexity index is 930. The predicted molar refractivity (Wildman–Crippen MR) is 98.7 cm³/mol. The number of rotatable bonds is 4. The molecule has 4 rings (SSSR count). The molecule has 1 saturated heterocycles. The van der Waals surface area contributed by atoms with Crippen LogP contribution in [0.2, 0.25) is 0 Å². The molecule has 3 aromatic rings. The van der Waals surface area contributed by atoms with Crippen LogP contribution in [0.1, 0.15) is 18.5 Å². The first-order chi connectivity index (χ1) is 12.6. The number of pyridine rings is 1. The molecule has 26 heavy (non-hydrogen) atoms. The molecule has 136 valence electrons. The lowest BCUT2D eigenvalue weighted by Gasteiger charge is -2.30. The maximum Gasteiger partial charge on any atom is 0.155 e. The Hall–Kier alpha value is -2.61. The Balaban J connectivity index is 1.71. The third-order valence-corrected chi connectivity index (χ3v) is 4.96. The van der Waals surface area contributed by atoms with Gasteiger partial charge in [0.25, 0.3) is 0 Å². The van der Waals surface area contributed by atoms with Crippen molar-refractivity contribution in [1.29, 1.82) is 0 Å². The summed E-state index contributed by atoms with van der Waals surface area (Å²) in [5.41, 5.74) is 2.76. The number of nitrogens with zero attached hydrogens (tertiary/aromatic N) is 5. The zero-order valence-electron chi connectivity index (χ0n) is 15.0. The number of aryl methyl sites for hydroxylation is 1. The molecule has 0 saturated carbocycles. The van der Waals surface area contributed by atoms with Crippen LogP contribution in [0, 0.1) is 6.92 Å². The van der Waals surface area contributed by atoms with Gasteiger partial charge in [0.1, 0.15) is 11.2 Å². The molecule has 0 amide bonds. The molecule has 1 aliphatic rings. The summed E-state index contributed by atoms with van der Waals surface area (Å²) in [7, 11) is 1.89. The zero-order chi connectivity index (χ0) is 18.1. The average Bonchev–Trinajstić information content (AvgIpc) is 2.99. The number of piperidine rings is 1. The first-order valence-electron chi connectivity index (χ1n) is 8.80. The smallest absolute Gasteiger partial charge is 0.155 e. The Morgan fingerprint density at radius 2 is 2.19 bits per heavy atom. The van der Waals surface area contributed by atoms with Crippen molar-refractivity contribution in [1.82, 2.24) is 30.0 Å². The third-order valence-electron chi connectivity index (χ3n) is 4.96. The summed E-state index contributed by atoms with van der Waals surface area (Å²) in [6.45, 7) is 3.40. The van der Waals surface area contributed by atoms with E-state index in [4.69, 9.17) is 4.98 Å². The topological polar surface area (TPSA) is 80.6 Å². The van der Waals surface area contributed by atoms with E-state index in [1.807, 2.05) is 20.0 Å². The molecule has 3 aromatic heterocycles. The highest BCUT2D eigenvalue weighted by molar-refractivity contribution is 5.88. The Morgan fingerprint density at radius 3 is 2.92 bits per heavy atom. The molecule has 1 unspecified atom stereocenters. The highest BCUT2D eigenvalue weighted by Gasteiger charge is 2.31. The van der Waals surface area contributed by atoms with Gasteiger partial charge in [-0.15, -0.1) is 0 Å². The van der Waals surface area contributed by atoms with Crippen LogP contribution in [0.5, 0.6) is 0 Å². The van der Waals surface area contributed by atoms with Crippen LogP contribution in [-0.4, -0.2) is 50.0 Å². The van der Waals surface area contributed by atoms with Gasteiger partial charge in [0.15, 0.2) is 5.82 Å². The first kappa shape index (κ1) is 16.8. The summed E-state index contributed by atoms with van der Waals surface area (Å²) in [5, 5.41) is 10.6. The summed E-state index contributed by atoms with van der Waals surface area (Å²) in [6.07, 6.45) is 6.43. The highest BCUT2D eigenvalue weighted by atomic mass is 19.1. The minimum absolute atomic E-state index is 0.189. The van der Waals surface area contributed by atoms with E-state index in [-0.39, 0.29) is 6.54 Å². The van der Waals surface area contributed by atoms with Gasteiger partial charge in [0.2, 0.25) is 0 Å². The molecule has 0 radical (unpaired) electrons. The Morgan fingerprint density at radius 1 is 1.35 bits per heavy atom. The second-order valence-electron chi connectivity index (χ2n) is 6.83. The van der Waals surface area contributed by atoms with E-state index in [1.54, 1.807) is 23.3 Å². The first-order valence-corrected chi connectivity index (χ1v) is 8.80. The van der Waals surface area contributed by atoms with Gasteiger partial charge in [-0.2, -0.15) is 5.10 Å². The normalized spacial score (nSPS) is 20.4. The van der Waals surface area contributed by atoms with Crippen LogP contribution in [-0.2, 0) is 7.05 Å². The third kappa shape index (κ3) is 3.12. The summed E-state index contributed by atoms with van der Waals surface area (Å²) < 4.78 is 16.7. The standard InChI is InChI=1S/C18H22FN7/c1-12-13(9-24-26(12)2)14-8-15-16(22-7-6-21-15)17(25-14)23-11-18(19)4-3-5-20-10-18/h6-9,20H,3-5,10-11H2,1-2H3,(H,23,25). The SMILES string of the molecule is Cc1c(-c2cc3nccnc3c(NCC3(F)CCCNC3)n2)cnn1C. The van der Waals surface area contributed by atoms with Crippen molar-refractivity contribution < 1.29 is 4.39 Å². The van der Waals surface area contributed by atoms with E-state index in [2.05, 4.69) is 25.7 Å². The van der Waals surface area contributed by atoms with Crippen molar-refractivity contribution in [2.45, 2.75) is 25.4 Å². The summed E-state index contributed by atoms with van der Waals surface area (Å²) in [5.74, 6) is 0.552. The van der Waals surface area contributed by atoms with Crippen molar-refractivity contribution >= 4 is 16.9 Å². The van der Waals surface area contributed by atoms with Crippen molar-refractivity contribution in [3.8, 4) is 11.3 Å². The second kappa shape index (κ2) is 6.60. The highest BCUT2D eigenvalue weighted by Crippen LogP contribution is 2.28. The van der Waals surface area contributed by atoms with Crippen molar-refractivity contribution in [3.63, 3.8) is 0 Å². The van der Waals surface area contributed by atoms with Crippen LogP contribution in [0.4, 0.5) is 10.2 Å². The Labute approximate surface area is 151 Å². The van der Waals surface area contributed by atoms with Gasteiger partial charge in [-0.1, -0.05) is 0 Å². The van der Waals surface area contributed by atoms with Crippen LogP contribution >= 0.6 is 0 Å². The second-order valence-corrected chi connectivity index (χ2v) is 6.83. The minimum atomic E-state index is -1.28. The molecule has 1 aliphatic heterocycles. The summed E-state index contributed by atoms with van der Waals surface area (Å²) in [6, 6.07) is 1.89. The predicted octanol–water partition coefficient (Wildman–Crippen LogP) is 2.24. The fourth-order valence-electron chi connectivity index (χ4n) is 3.31. The molecule has 2 N–H and O–H groups in total. The fraction of sp³-hybridized carbons (Fsp3) is 0.444. The maximum absolute atomic E-state index is 14.9. The van der Waals surface area contributed by atoms with Gasteiger partial charge < -0.3 is 10.6 Å². The number of hydrogen-bond acceptors (Lipinski definition) is 6. The zero-order valence-corrected chi connectivity index (χ0v) is 15.0. The molecule has 1 fully saturated rings. The lowest BCUT2D eigenvalue weighted by atomic mass is 9.96. The van der Waals surface area contributed by atoms with E-state index in [0.717, 1.165) is 35.4 Å². The molecule has 1 atom stereocenters. The molecule has 0 spiro atoms. The monoisotopic (exact) mass is 355 g/mol. The molecule has 7 nitrogen and oxygen atoms in total. The van der Waals surface area contributed by atoms with E-state index in [1.165, 1.54) is 0 Å². The lowest BCUT2D eigenvalue weighted by molar-refractivity contribution is 0.137. The van der Waals surface area contributed by atoms with Gasteiger partial charge in [0, 0.05) is 37.2 Å². The number of aromatic nitrogens is 5. The quantitative estimate of drug-likeness (QED) is 0.747. The molecular formula is C18H22FN7. The van der Waals surface area contributed by atoms with Gasteiger partial charge in [-0.05, 0) is 32.4 Å². The van der Waals surface area contributed by atoms with Crippen LogP contribution in [0.15, 0.2) is 24.7 Å². The van der Waals surface area contributed by atoms with Gasteiger partial charge in [-0.25, -0.2) is 14.4 Å². The fourth-order valence-corrected chi connectivity index (χ4v) is 3.31. The number of fused-ring (bicyclic) bond motifs is 1. The van der Waals surface area contributed by atoms with Crippen molar-refractivity contribution in [2.75, 3.05) is 25.0 Å². The van der Waals surface area contributed by atoms with Gasteiger partial charge in [0.05, 0.1) is 24.0 Å². The molecular weight excluding hydrogens is 333 g/mol. The molecule has 8 heteroatoms. The van der Waals surface area contributed by atoms with Crippen LogP contribution < -0.4 is 10.6 Å². The van der Waals surface area contributed by atoms with Crippen molar-refractivity contribution in [2.24, 2.45) is 7.05 Å². The molecule has 0 aliphatic carbocycles.